The Balaban J connectivity index is 1.36. The van der Waals surface area contributed by atoms with Gasteiger partial charge in [0.2, 0.25) is 5.89 Å². The van der Waals surface area contributed by atoms with Gasteiger partial charge in [-0.15, -0.1) is 10.2 Å². The molecule has 0 bridgehead atoms. The molecule has 1 amide bonds. The second-order valence-electron chi connectivity index (χ2n) is 6.89. The van der Waals surface area contributed by atoms with Gasteiger partial charge in [0.1, 0.15) is 22.7 Å². The first-order valence-electron chi connectivity index (χ1n) is 9.67. The normalized spacial score (nSPS) is 11.0. The van der Waals surface area contributed by atoms with Crippen molar-refractivity contribution in [3.05, 3.63) is 84.1 Å². The van der Waals surface area contributed by atoms with E-state index >= 15 is 0 Å². The van der Waals surface area contributed by atoms with Gasteiger partial charge in [-0.05, 0) is 18.4 Å². The van der Waals surface area contributed by atoms with Crippen molar-refractivity contribution in [1.82, 2.24) is 25.7 Å². The number of pyridine rings is 1. The summed E-state index contributed by atoms with van der Waals surface area (Å²) in [6.07, 6.45) is 1.70. The van der Waals surface area contributed by atoms with E-state index < -0.39 is 0 Å². The Kier molecular flexibility index (Phi) is 4.72. The highest BCUT2D eigenvalue weighted by atomic mass is 16.5. The maximum atomic E-state index is 12.8. The number of carbonyl (C=O) groups is 1. The Morgan fingerprint density at radius 1 is 0.968 bits per heavy atom. The minimum Gasteiger partial charge on any atom is -0.417 e. The van der Waals surface area contributed by atoms with Crippen molar-refractivity contribution in [1.29, 1.82) is 0 Å². The Hall–Kier alpha value is -4.33. The molecule has 0 saturated carbocycles. The largest absolute Gasteiger partial charge is 0.417 e. The molecule has 0 aliphatic heterocycles. The summed E-state index contributed by atoms with van der Waals surface area (Å²) < 4.78 is 11.0. The van der Waals surface area contributed by atoms with Crippen LogP contribution in [0.3, 0.4) is 0 Å². The van der Waals surface area contributed by atoms with Crippen LogP contribution in [0.1, 0.15) is 22.0 Å². The average molecular weight is 411 g/mol. The lowest BCUT2D eigenvalue weighted by Gasteiger charge is -2.04. The van der Waals surface area contributed by atoms with E-state index in [1.54, 1.807) is 13.1 Å². The summed E-state index contributed by atoms with van der Waals surface area (Å²) in [6.45, 7) is 1.76. The summed E-state index contributed by atoms with van der Waals surface area (Å²) in [5.41, 5.74) is 2.26. The Morgan fingerprint density at radius 3 is 2.65 bits per heavy atom. The van der Waals surface area contributed by atoms with Gasteiger partial charge < -0.3 is 14.3 Å². The predicted octanol–water partition coefficient (Wildman–Crippen LogP) is 4.18. The van der Waals surface area contributed by atoms with Gasteiger partial charge in [0.05, 0.1) is 6.54 Å². The van der Waals surface area contributed by atoms with Crippen LogP contribution in [0.25, 0.3) is 33.6 Å². The number of nitrogens with zero attached hydrogens (tertiary/aromatic N) is 4. The number of fused-ring (bicyclic) bond motifs is 1. The minimum atomic E-state index is -0.333. The number of aryl methyl sites for hydroxylation is 1. The number of nitrogens with one attached hydrogen (secondary N) is 1. The zero-order chi connectivity index (χ0) is 21.2. The van der Waals surface area contributed by atoms with Gasteiger partial charge in [-0.25, -0.2) is 0 Å². The molecule has 3 heterocycles. The highest BCUT2D eigenvalue weighted by molar-refractivity contribution is 6.00. The predicted molar refractivity (Wildman–Crippen MR) is 113 cm³/mol. The van der Waals surface area contributed by atoms with Crippen LogP contribution in [-0.2, 0) is 6.54 Å². The molecule has 5 aromatic rings. The second kappa shape index (κ2) is 7.83. The molecule has 1 N–H and O–H groups in total. The quantitative estimate of drug-likeness (QED) is 0.462. The van der Waals surface area contributed by atoms with Crippen molar-refractivity contribution >= 4 is 16.7 Å². The smallest absolute Gasteiger partial charge is 0.266 e. The molecule has 0 aliphatic carbocycles. The molecule has 31 heavy (non-hydrogen) atoms. The first kappa shape index (κ1) is 18.7. The molecule has 2 aromatic carbocycles. The van der Waals surface area contributed by atoms with Crippen LogP contribution in [-0.4, -0.2) is 26.2 Å². The molecule has 8 nitrogen and oxygen atoms in total. The summed E-state index contributed by atoms with van der Waals surface area (Å²) >= 11 is 0. The number of amides is 1. The number of rotatable bonds is 5. The van der Waals surface area contributed by atoms with Crippen molar-refractivity contribution in [3.63, 3.8) is 0 Å². The van der Waals surface area contributed by atoms with E-state index in [4.69, 9.17) is 8.94 Å². The van der Waals surface area contributed by atoms with E-state index in [0.29, 0.717) is 28.6 Å². The molecule has 0 spiro atoms. The average Bonchev–Trinajstić information content (AvgIpc) is 3.44. The fraction of sp³-hybridized carbons (Fsp3) is 0.0870. The van der Waals surface area contributed by atoms with Crippen LogP contribution in [0.2, 0.25) is 0 Å². The lowest BCUT2D eigenvalue weighted by Crippen LogP contribution is -2.23. The van der Waals surface area contributed by atoms with Crippen LogP contribution in [0.4, 0.5) is 0 Å². The lowest BCUT2D eigenvalue weighted by molar-refractivity contribution is 0.0946. The van der Waals surface area contributed by atoms with Crippen molar-refractivity contribution in [2.75, 3.05) is 0 Å². The monoisotopic (exact) mass is 411 g/mol. The Labute approximate surface area is 176 Å². The van der Waals surface area contributed by atoms with E-state index in [1.807, 2.05) is 60.7 Å². The topological polar surface area (TPSA) is 107 Å². The van der Waals surface area contributed by atoms with Gasteiger partial charge in [0, 0.05) is 17.1 Å². The first-order valence-corrected chi connectivity index (χ1v) is 9.67. The number of benzene rings is 2. The minimum absolute atomic E-state index is 0.0649. The Morgan fingerprint density at radius 2 is 1.77 bits per heavy atom. The molecule has 0 radical (unpaired) electrons. The van der Waals surface area contributed by atoms with E-state index in [2.05, 4.69) is 25.7 Å². The molecule has 0 aliphatic rings. The Bertz CT molecular complexity index is 1370. The van der Waals surface area contributed by atoms with Crippen LogP contribution in [0.15, 0.2) is 75.8 Å². The fourth-order valence-electron chi connectivity index (χ4n) is 3.39. The summed E-state index contributed by atoms with van der Waals surface area (Å²) in [5, 5.41) is 16.9. The molecule has 0 atom stereocenters. The van der Waals surface area contributed by atoms with Crippen molar-refractivity contribution in [2.24, 2.45) is 0 Å². The SMILES string of the molecule is Cc1onc(-c2ccccc2)c1C(=O)NCc1nnc(-c2nccc3ccccc23)o1. The molecule has 0 saturated heterocycles. The van der Waals surface area contributed by atoms with E-state index in [9.17, 15) is 4.79 Å². The third-order valence-electron chi connectivity index (χ3n) is 4.88. The van der Waals surface area contributed by atoms with Crippen molar-refractivity contribution in [2.45, 2.75) is 13.5 Å². The summed E-state index contributed by atoms with van der Waals surface area (Å²) in [7, 11) is 0. The van der Waals surface area contributed by atoms with E-state index in [0.717, 1.165) is 16.3 Å². The third kappa shape index (κ3) is 3.55. The fourth-order valence-corrected chi connectivity index (χ4v) is 3.39. The highest BCUT2D eigenvalue weighted by Gasteiger charge is 2.22. The molecular formula is C23H17N5O3. The third-order valence-corrected chi connectivity index (χ3v) is 4.88. The zero-order valence-corrected chi connectivity index (χ0v) is 16.6. The maximum absolute atomic E-state index is 12.8. The molecule has 0 unspecified atom stereocenters. The van der Waals surface area contributed by atoms with Crippen LogP contribution in [0, 0.1) is 6.92 Å². The number of hydrogen-bond acceptors (Lipinski definition) is 7. The number of hydrogen-bond donors (Lipinski definition) is 1. The standard InChI is InChI=1S/C23H17N5O3/c1-14-19(20(28-31-14)16-8-3-2-4-9-16)22(29)25-13-18-26-27-23(30-18)21-17-10-6-5-7-15(17)11-12-24-21/h2-12H,13H2,1H3,(H,25,29). The molecule has 5 rings (SSSR count). The van der Waals surface area contributed by atoms with Gasteiger partial charge in [-0.3, -0.25) is 9.78 Å². The number of aromatic nitrogens is 4. The van der Waals surface area contributed by atoms with Gasteiger partial charge in [0.15, 0.2) is 0 Å². The summed E-state index contributed by atoms with van der Waals surface area (Å²) in [4.78, 5) is 17.2. The molecule has 152 valence electrons. The molecule has 3 aromatic heterocycles. The van der Waals surface area contributed by atoms with E-state index in [-0.39, 0.29) is 18.3 Å². The second-order valence-corrected chi connectivity index (χ2v) is 6.89. The maximum Gasteiger partial charge on any atom is 0.266 e. The molecule has 8 heteroatoms. The van der Waals surface area contributed by atoms with Crippen LogP contribution in [0.5, 0.6) is 0 Å². The highest BCUT2D eigenvalue weighted by Crippen LogP contribution is 2.26. The van der Waals surface area contributed by atoms with Crippen molar-refractivity contribution in [3.8, 4) is 22.8 Å². The summed E-state index contributed by atoms with van der Waals surface area (Å²) in [5.74, 6) is 0.670. The lowest BCUT2D eigenvalue weighted by atomic mass is 10.1. The molecule has 0 fully saturated rings. The zero-order valence-electron chi connectivity index (χ0n) is 16.6. The van der Waals surface area contributed by atoms with Crippen LogP contribution >= 0.6 is 0 Å². The van der Waals surface area contributed by atoms with Gasteiger partial charge in [-0.1, -0.05) is 59.8 Å². The van der Waals surface area contributed by atoms with Gasteiger partial charge >= 0.3 is 0 Å². The van der Waals surface area contributed by atoms with Gasteiger partial charge in [0.25, 0.3) is 11.8 Å². The number of carbonyl (C=O) groups excluding carboxylic acids is 1. The summed E-state index contributed by atoms with van der Waals surface area (Å²) in [6, 6.07) is 19.1. The van der Waals surface area contributed by atoms with Gasteiger partial charge in [-0.2, -0.15) is 0 Å². The van der Waals surface area contributed by atoms with E-state index in [1.165, 1.54) is 0 Å². The van der Waals surface area contributed by atoms with Crippen molar-refractivity contribution < 1.29 is 13.7 Å². The van der Waals surface area contributed by atoms with Crippen LogP contribution < -0.4 is 5.32 Å². The molecular weight excluding hydrogens is 394 g/mol. The first-order chi connectivity index (χ1) is 15.2.